The van der Waals surface area contributed by atoms with E-state index in [1.54, 1.807) is 11.8 Å². The van der Waals surface area contributed by atoms with Crippen LogP contribution in [-0.2, 0) is 4.79 Å². The maximum absolute atomic E-state index is 14.0. The molecule has 1 atom stereocenters. The summed E-state index contributed by atoms with van der Waals surface area (Å²) < 4.78 is 13.3. The van der Waals surface area contributed by atoms with Gasteiger partial charge in [0.2, 0.25) is 5.95 Å². The Morgan fingerprint density at radius 1 is 0.976 bits per heavy atom. The molecular formula is C32H36N6O3. The van der Waals surface area contributed by atoms with E-state index in [9.17, 15) is 4.79 Å². The molecule has 9 nitrogen and oxygen atoms in total. The average Bonchev–Trinajstić information content (AvgIpc) is 3.42. The van der Waals surface area contributed by atoms with Crippen LogP contribution in [0.2, 0.25) is 0 Å². The highest BCUT2D eigenvalue weighted by molar-refractivity contribution is 6.06. The van der Waals surface area contributed by atoms with E-state index in [1.165, 1.54) is 0 Å². The summed E-state index contributed by atoms with van der Waals surface area (Å²) in [6, 6.07) is 22.7. The molecule has 41 heavy (non-hydrogen) atoms. The fourth-order valence-electron chi connectivity index (χ4n) is 5.20. The van der Waals surface area contributed by atoms with Crippen LogP contribution >= 0.6 is 0 Å². The van der Waals surface area contributed by atoms with Crippen LogP contribution in [0.5, 0.6) is 11.5 Å². The largest absolute Gasteiger partial charge is 0.495 e. The van der Waals surface area contributed by atoms with Crippen molar-refractivity contribution in [1.82, 2.24) is 14.8 Å². The zero-order valence-electron chi connectivity index (χ0n) is 24.1. The van der Waals surface area contributed by atoms with Crippen molar-refractivity contribution in [1.29, 1.82) is 0 Å². The number of carbonyl (C=O) groups excluding carboxylic acids is 1. The number of methoxy groups -OCH3 is 1. The zero-order valence-corrected chi connectivity index (χ0v) is 24.1. The van der Waals surface area contributed by atoms with E-state index in [1.807, 2.05) is 74.5 Å². The second-order valence-corrected chi connectivity index (χ2v) is 9.61. The lowest BCUT2D eigenvalue weighted by Gasteiger charge is -2.29. The lowest BCUT2D eigenvalue weighted by Crippen LogP contribution is -2.31. The number of hydrogen-bond acceptors (Lipinski definition) is 7. The Balaban J connectivity index is 1.59. The van der Waals surface area contributed by atoms with Crippen LogP contribution in [0.15, 0.2) is 84.1 Å². The SMILES string of the molecule is CCOc1ccccc1C1C(C(=O)Nc2ccccc2OC)=C(C)Nc2nc(-c3ccc(N(CC)CC)cc3)nn21. The number of anilines is 3. The Hall–Kier alpha value is -4.79. The topological polar surface area (TPSA) is 93.5 Å². The third-order valence-electron chi connectivity index (χ3n) is 7.22. The standard InChI is InChI=1S/C32H36N6O3/c1-6-37(7-2)23-19-17-22(18-20-23)30-35-32-33-21(4)28(31(39)34-25-14-10-12-16-27(25)40-5)29(38(32)36-30)24-13-9-11-15-26(24)41-8-3/h9-20,29H,6-8H2,1-5H3,(H,34,39)(H,33,35,36). The van der Waals surface area contributed by atoms with Crippen LogP contribution in [0.4, 0.5) is 17.3 Å². The van der Waals surface area contributed by atoms with Gasteiger partial charge in [0.15, 0.2) is 5.82 Å². The smallest absolute Gasteiger partial charge is 0.255 e. The van der Waals surface area contributed by atoms with Crippen LogP contribution < -0.4 is 25.0 Å². The Morgan fingerprint density at radius 3 is 2.34 bits per heavy atom. The quantitative estimate of drug-likeness (QED) is 0.245. The van der Waals surface area contributed by atoms with Crippen molar-refractivity contribution < 1.29 is 14.3 Å². The van der Waals surface area contributed by atoms with Gasteiger partial charge in [-0.15, -0.1) is 5.10 Å². The molecule has 1 aromatic heterocycles. The summed E-state index contributed by atoms with van der Waals surface area (Å²) in [5.41, 5.74) is 4.61. The predicted molar refractivity (Wildman–Crippen MR) is 163 cm³/mol. The summed E-state index contributed by atoms with van der Waals surface area (Å²) in [4.78, 5) is 21.1. The minimum atomic E-state index is -0.583. The maximum atomic E-state index is 14.0. The molecule has 1 unspecified atom stereocenters. The van der Waals surface area contributed by atoms with E-state index in [4.69, 9.17) is 19.6 Å². The molecule has 0 aliphatic carbocycles. The second kappa shape index (κ2) is 12.2. The summed E-state index contributed by atoms with van der Waals surface area (Å²) in [6.07, 6.45) is 0. The predicted octanol–water partition coefficient (Wildman–Crippen LogP) is 6.13. The Labute approximate surface area is 240 Å². The summed E-state index contributed by atoms with van der Waals surface area (Å²) >= 11 is 0. The highest BCUT2D eigenvalue weighted by atomic mass is 16.5. The third-order valence-corrected chi connectivity index (χ3v) is 7.22. The summed E-state index contributed by atoms with van der Waals surface area (Å²) in [5, 5.41) is 11.3. The number of hydrogen-bond donors (Lipinski definition) is 2. The number of amides is 1. The highest BCUT2D eigenvalue weighted by Gasteiger charge is 2.36. The number of rotatable bonds is 10. The molecule has 5 rings (SSSR count). The van der Waals surface area contributed by atoms with Crippen LogP contribution in [0.1, 0.15) is 39.3 Å². The van der Waals surface area contributed by atoms with Crippen molar-refractivity contribution in [3.05, 3.63) is 89.6 Å². The van der Waals surface area contributed by atoms with E-state index >= 15 is 0 Å². The first kappa shape index (κ1) is 27.8. The number of nitrogens with zero attached hydrogens (tertiary/aromatic N) is 4. The van der Waals surface area contributed by atoms with E-state index < -0.39 is 6.04 Å². The number of para-hydroxylation sites is 3. The molecule has 0 saturated heterocycles. The van der Waals surface area contributed by atoms with Crippen molar-refractivity contribution in [2.24, 2.45) is 0 Å². The molecule has 3 aromatic carbocycles. The molecule has 212 valence electrons. The fourth-order valence-corrected chi connectivity index (χ4v) is 5.20. The average molecular weight is 553 g/mol. The monoisotopic (exact) mass is 552 g/mol. The molecule has 0 bridgehead atoms. The van der Waals surface area contributed by atoms with Gasteiger partial charge in [0.05, 0.1) is 25.0 Å². The molecule has 9 heteroatoms. The normalized spacial score (nSPS) is 14.2. The van der Waals surface area contributed by atoms with Crippen molar-refractivity contribution in [2.75, 3.05) is 42.3 Å². The molecular weight excluding hydrogens is 516 g/mol. The van der Waals surface area contributed by atoms with Crippen LogP contribution in [-0.4, -0.2) is 47.5 Å². The summed E-state index contributed by atoms with van der Waals surface area (Å²) in [5.74, 6) is 2.10. The Bertz CT molecular complexity index is 1560. The first-order valence-electron chi connectivity index (χ1n) is 13.9. The number of allylic oxidation sites excluding steroid dienone is 1. The lowest BCUT2D eigenvalue weighted by molar-refractivity contribution is -0.113. The Morgan fingerprint density at radius 2 is 1.66 bits per heavy atom. The minimum absolute atomic E-state index is 0.276. The number of fused-ring (bicyclic) bond motifs is 1. The first-order valence-corrected chi connectivity index (χ1v) is 13.9. The van der Waals surface area contributed by atoms with Gasteiger partial charge in [-0.05, 0) is 70.2 Å². The number of benzene rings is 3. The van der Waals surface area contributed by atoms with Crippen molar-refractivity contribution in [3.63, 3.8) is 0 Å². The molecule has 2 N–H and O–H groups in total. The van der Waals surface area contributed by atoms with Crippen LogP contribution in [0.25, 0.3) is 11.4 Å². The van der Waals surface area contributed by atoms with Crippen LogP contribution in [0.3, 0.4) is 0 Å². The Kier molecular flexibility index (Phi) is 8.24. The molecule has 0 saturated carbocycles. The van der Waals surface area contributed by atoms with Gasteiger partial charge in [-0.2, -0.15) is 4.98 Å². The van der Waals surface area contributed by atoms with E-state index in [-0.39, 0.29) is 5.91 Å². The fraction of sp³-hybridized carbons (Fsp3) is 0.281. The van der Waals surface area contributed by atoms with Gasteiger partial charge in [0, 0.05) is 35.6 Å². The second-order valence-electron chi connectivity index (χ2n) is 9.61. The first-order chi connectivity index (χ1) is 20.0. The molecule has 0 radical (unpaired) electrons. The van der Waals surface area contributed by atoms with E-state index in [0.717, 1.165) is 29.9 Å². The van der Waals surface area contributed by atoms with Crippen molar-refractivity contribution >= 4 is 23.2 Å². The molecule has 1 aliphatic heterocycles. The molecule has 1 amide bonds. The van der Waals surface area contributed by atoms with Gasteiger partial charge in [0.1, 0.15) is 17.5 Å². The van der Waals surface area contributed by atoms with E-state index in [0.29, 0.717) is 46.8 Å². The van der Waals surface area contributed by atoms with Crippen LogP contribution in [0, 0.1) is 0 Å². The lowest BCUT2D eigenvalue weighted by atomic mass is 9.94. The number of nitrogens with one attached hydrogen (secondary N) is 2. The van der Waals surface area contributed by atoms with Gasteiger partial charge in [-0.3, -0.25) is 4.79 Å². The minimum Gasteiger partial charge on any atom is -0.495 e. The third kappa shape index (κ3) is 5.48. The molecule has 2 heterocycles. The molecule has 4 aromatic rings. The molecule has 0 spiro atoms. The number of aromatic nitrogens is 3. The van der Waals surface area contributed by atoms with Gasteiger partial charge < -0.3 is 25.0 Å². The molecule has 1 aliphatic rings. The van der Waals surface area contributed by atoms with Gasteiger partial charge in [-0.1, -0.05) is 30.3 Å². The zero-order chi connectivity index (χ0) is 28.9. The number of carbonyl (C=O) groups is 1. The summed E-state index contributed by atoms with van der Waals surface area (Å²) in [6.45, 7) is 10.5. The van der Waals surface area contributed by atoms with Gasteiger partial charge in [0.25, 0.3) is 5.91 Å². The summed E-state index contributed by atoms with van der Waals surface area (Å²) in [7, 11) is 1.58. The van der Waals surface area contributed by atoms with E-state index in [2.05, 4.69) is 41.5 Å². The van der Waals surface area contributed by atoms with Gasteiger partial charge >= 0.3 is 0 Å². The van der Waals surface area contributed by atoms with Crippen molar-refractivity contribution in [3.8, 4) is 22.9 Å². The highest BCUT2D eigenvalue weighted by Crippen LogP contribution is 2.40. The molecule has 0 fully saturated rings. The van der Waals surface area contributed by atoms with Crippen molar-refractivity contribution in [2.45, 2.75) is 33.7 Å². The maximum Gasteiger partial charge on any atom is 0.255 e. The number of ether oxygens (including phenoxy) is 2. The van der Waals surface area contributed by atoms with Gasteiger partial charge in [-0.25, -0.2) is 4.68 Å².